The number of carbonyl (C=O) groups excluding carboxylic acids is 2. The maximum atomic E-state index is 12.4. The first-order chi connectivity index (χ1) is 12.4. The SMILES string of the molecule is O=C(NCCCNc1ccccc1)C(=O)Nc1ccc(C(F)(F)F)nc1. The van der Waals surface area contributed by atoms with Crippen LogP contribution in [-0.4, -0.2) is 29.9 Å². The van der Waals surface area contributed by atoms with Crippen molar-refractivity contribution in [3.63, 3.8) is 0 Å². The lowest BCUT2D eigenvalue weighted by atomic mass is 10.3. The average Bonchev–Trinajstić information content (AvgIpc) is 2.62. The minimum absolute atomic E-state index is 0.00361. The van der Waals surface area contributed by atoms with Gasteiger partial charge in [0.25, 0.3) is 0 Å². The summed E-state index contributed by atoms with van der Waals surface area (Å²) in [7, 11) is 0. The standard InChI is InChI=1S/C17H17F3N4O2/c18-17(19,20)14-8-7-13(11-23-14)24-16(26)15(25)22-10-4-9-21-12-5-2-1-3-6-12/h1-3,5-8,11,21H,4,9-10H2,(H,22,25)(H,24,26). The minimum Gasteiger partial charge on any atom is -0.385 e. The summed E-state index contributed by atoms with van der Waals surface area (Å²) in [6.07, 6.45) is -3.12. The van der Waals surface area contributed by atoms with Gasteiger partial charge in [-0.15, -0.1) is 0 Å². The first-order valence-corrected chi connectivity index (χ1v) is 7.77. The van der Waals surface area contributed by atoms with E-state index in [9.17, 15) is 22.8 Å². The number of halogens is 3. The van der Waals surface area contributed by atoms with E-state index in [0.29, 0.717) is 13.0 Å². The summed E-state index contributed by atoms with van der Waals surface area (Å²) in [5.74, 6) is -1.84. The van der Waals surface area contributed by atoms with Gasteiger partial charge in [-0.3, -0.25) is 9.59 Å². The largest absolute Gasteiger partial charge is 0.433 e. The summed E-state index contributed by atoms with van der Waals surface area (Å²) in [6.45, 7) is 0.881. The van der Waals surface area contributed by atoms with Crippen LogP contribution in [0.25, 0.3) is 0 Å². The van der Waals surface area contributed by atoms with E-state index in [1.807, 2.05) is 30.3 Å². The molecule has 0 spiro atoms. The van der Waals surface area contributed by atoms with Crippen molar-refractivity contribution in [2.24, 2.45) is 0 Å². The molecule has 2 amide bonds. The molecule has 9 heteroatoms. The second-order valence-electron chi connectivity index (χ2n) is 5.29. The zero-order valence-corrected chi connectivity index (χ0v) is 13.6. The fourth-order valence-electron chi connectivity index (χ4n) is 1.98. The van der Waals surface area contributed by atoms with Crippen molar-refractivity contribution in [2.45, 2.75) is 12.6 Å². The van der Waals surface area contributed by atoms with Crippen LogP contribution in [0.1, 0.15) is 12.1 Å². The van der Waals surface area contributed by atoms with Crippen LogP contribution in [-0.2, 0) is 15.8 Å². The summed E-state index contributed by atoms with van der Waals surface area (Å²) in [5.41, 5.74) is -0.124. The van der Waals surface area contributed by atoms with Gasteiger partial charge in [-0.25, -0.2) is 4.98 Å². The summed E-state index contributed by atoms with van der Waals surface area (Å²) < 4.78 is 37.2. The predicted octanol–water partition coefficient (Wildman–Crippen LogP) is 2.66. The second-order valence-corrected chi connectivity index (χ2v) is 5.29. The Morgan fingerprint density at radius 3 is 2.27 bits per heavy atom. The van der Waals surface area contributed by atoms with Crippen molar-refractivity contribution >= 4 is 23.2 Å². The molecule has 0 unspecified atom stereocenters. The molecule has 2 aromatic rings. The Morgan fingerprint density at radius 1 is 0.923 bits per heavy atom. The van der Waals surface area contributed by atoms with Gasteiger partial charge in [-0.05, 0) is 30.7 Å². The molecule has 0 saturated carbocycles. The smallest absolute Gasteiger partial charge is 0.385 e. The Hall–Kier alpha value is -3.10. The van der Waals surface area contributed by atoms with E-state index in [-0.39, 0.29) is 12.2 Å². The molecule has 0 saturated heterocycles. The van der Waals surface area contributed by atoms with Crippen molar-refractivity contribution in [3.8, 4) is 0 Å². The quantitative estimate of drug-likeness (QED) is 0.542. The number of nitrogens with zero attached hydrogens (tertiary/aromatic N) is 1. The molecule has 0 aliphatic carbocycles. The number of benzene rings is 1. The second kappa shape index (κ2) is 8.84. The number of amides is 2. The molecular formula is C17H17F3N4O2. The lowest BCUT2D eigenvalue weighted by Crippen LogP contribution is -2.36. The fourth-order valence-corrected chi connectivity index (χ4v) is 1.98. The van der Waals surface area contributed by atoms with Gasteiger partial charge in [-0.2, -0.15) is 13.2 Å². The maximum absolute atomic E-state index is 12.4. The molecule has 1 aromatic heterocycles. The lowest BCUT2D eigenvalue weighted by Gasteiger charge is -2.09. The number of rotatable bonds is 6. The summed E-state index contributed by atoms with van der Waals surface area (Å²) in [4.78, 5) is 26.6. The zero-order valence-electron chi connectivity index (χ0n) is 13.6. The van der Waals surface area contributed by atoms with Crippen molar-refractivity contribution in [2.75, 3.05) is 23.7 Å². The topological polar surface area (TPSA) is 83.1 Å². The van der Waals surface area contributed by atoms with Crippen molar-refractivity contribution in [3.05, 3.63) is 54.4 Å². The number of para-hydroxylation sites is 1. The monoisotopic (exact) mass is 366 g/mol. The highest BCUT2D eigenvalue weighted by Gasteiger charge is 2.32. The normalized spacial score (nSPS) is 10.9. The molecule has 1 aromatic carbocycles. The van der Waals surface area contributed by atoms with Crippen LogP contribution in [0.5, 0.6) is 0 Å². The number of hydrogen-bond acceptors (Lipinski definition) is 4. The molecule has 0 bridgehead atoms. The Labute approximate surface area is 147 Å². The molecule has 3 N–H and O–H groups in total. The van der Waals surface area contributed by atoms with Gasteiger partial charge in [0.1, 0.15) is 5.69 Å². The van der Waals surface area contributed by atoms with Gasteiger partial charge in [0.15, 0.2) is 0 Å². The molecule has 26 heavy (non-hydrogen) atoms. The number of nitrogens with one attached hydrogen (secondary N) is 3. The van der Waals surface area contributed by atoms with Gasteiger partial charge in [0.05, 0.1) is 11.9 Å². The van der Waals surface area contributed by atoms with E-state index >= 15 is 0 Å². The maximum Gasteiger partial charge on any atom is 0.433 e. The van der Waals surface area contributed by atoms with E-state index in [2.05, 4.69) is 20.9 Å². The first-order valence-electron chi connectivity index (χ1n) is 7.77. The third-order valence-corrected chi connectivity index (χ3v) is 3.26. The third kappa shape index (κ3) is 6.08. The first kappa shape index (κ1) is 19.2. The van der Waals surface area contributed by atoms with Crippen LogP contribution in [0, 0.1) is 0 Å². The molecule has 0 radical (unpaired) electrons. The van der Waals surface area contributed by atoms with Crippen LogP contribution in [0.4, 0.5) is 24.5 Å². The van der Waals surface area contributed by atoms with Gasteiger partial charge < -0.3 is 16.0 Å². The van der Waals surface area contributed by atoms with Gasteiger partial charge in [0, 0.05) is 18.8 Å². The van der Waals surface area contributed by atoms with Crippen molar-refractivity contribution in [1.29, 1.82) is 0 Å². The Bertz CT molecular complexity index is 734. The Balaban J connectivity index is 1.69. The molecule has 0 fully saturated rings. The fraction of sp³-hybridized carbons (Fsp3) is 0.235. The summed E-state index contributed by atoms with van der Waals surface area (Å²) in [6, 6.07) is 11.3. The molecule has 6 nitrogen and oxygen atoms in total. The summed E-state index contributed by atoms with van der Waals surface area (Å²) >= 11 is 0. The van der Waals surface area contributed by atoms with E-state index in [1.165, 1.54) is 0 Å². The van der Waals surface area contributed by atoms with E-state index in [0.717, 1.165) is 24.0 Å². The minimum atomic E-state index is -4.56. The van der Waals surface area contributed by atoms with Crippen LogP contribution in [0.15, 0.2) is 48.7 Å². The highest BCUT2D eigenvalue weighted by Crippen LogP contribution is 2.27. The van der Waals surface area contributed by atoms with Crippen LogP contribution in [0.2, 0.25) is 0 Å². The Morgan fingerprint density at radius 2 is 1.65 bits per heavy atom. The van der Waals surface area contributed by atoms with Gasteiger partial charge in [0.2, 0.25) is 0 Å². The number of carbonyl (C=O) groups is 2. The predicted molar refractivity (Wildman–Crippen MR) is 90.4 cm³/mol. The molecule has 138 valence electrons. The molecule has 0 atom stereocenters. The van der Waals surface area contributed by atoms with E-state index in [4.69, 9.17) is 0 Å². The number of hydrogen-bond donors (Lipinski definition) is 3. The summed E-state index contributed by atoms with van der Waals surface area (Å²) in [5, 5.41) is 7.78. The molecule has 0 aliphatic rings. The third-order valence-electron chi connectivity index (χ3n) is 3.26. The molecular weight excluding hydrogens is 349 g/mol. The van der Waals surface area contributed by atoms with Gasteiger partial charge >= 0.3 is 18.0 Å². The van der Waals surface area contributed by atoms with Crippen LogP contribution in [0.3, 0.4) is 0 Å². The number of pyridine rings is 1. The lowest BCUT2D eigenvalue weighted by molar-refractivity contribution is -0.141. The van der Waals surface area contributed by atoms with Crippen LogP contribution >= 0.6 is 0 Å². The van der Waals surface area contributed by atoms with E-state index in [1.54, 1.807) is 0 Å². The molecule has 1 heterocycles. The number of alkyl halides is 3. The Kier molecular flexibility index (Phi) is 6.54. The average molecular weight is 366 g/mol. The van der Waals surface area contributed by atoms with Gasteiger partial charge in [-0.1, -0.05) is 18.2 Å². The highest BCUT2D eigenvalue weighted by molar-refractivity contribution is 6.39. The molecule has 0 aliphatic heterocycles. The van der Waals surface area contributed by atoms with Crippen molar-refractivity contribution in [1.82, 2.24) is 10.3 Å². The van der Waals surface area contributed by atoms with E-state index < -0.39 is 23.7 Å². The molecule has 2 rings (SSSR count). The highest BCUT2D eigenvalue weighted by atomic mass is 19.4. The number of anilines is 2. The number of aromatic nitrogens is 1. The van der Waals surface area contributed by atoms with Crippen LogP contribution < -0.4 is 16.0 Å². The zero-order chi connectivity index (χ0) is 19.0. The van der Waals surface area contributed by atoms with Crippen molar-refractivity contribution < 1.29 is 22.8 Å².